The number of ether oxygens (including phenoxy) is 2. The Labute approximate surface area is 378 Å². The first-order valence-electron chi connectivity index (χ1n) is 24.9. The Bertz CT molecular complexity index is 2020. The van der Waals surface area contributed by atoms with Crippen molar-refractivity contribution < 1.29 is 27.9 Å². The Balaban J connectivity index is 0.000000335. The number of benzene rings is 2. The first-order chi connectivity index (χ1) is 30.7. The van der Waals surface area contributed by atoms with Crippen LogP contribution in [-0.2, 0) is 9.59 Å². The van der Waals surface area contributed by atoms with Crippen LogP contribution in [0, 0.1) is 13.8 Å². The third-order valence-corrected chi connectivity index (χ3v) is 11.7. The Morgan fingerprint density at radius 3 is 1.11 bits per heavy atom. The molecule has 0 saturated heterocycles. The SMILES string of the molecule is CCCCCCCC/C=C\CCCCCCCC(=O)Oc1ccc2c(C)cc(=O)oc2c1.CCCCCCCCCCCCCCCCC(=O)Oc1ccc2c(C)cc(=O)oc2c1. The number of hydrogen-bond acceptors (Lipinski definition) is 8. The molecule has 0 fully saturated rings. The summed E-state index contributed by atoms with van der Waals surface area (Å²) in [6.07, 6.45) is 39.6. The number of hydrogen-bond donors (Lipinski definition) is 0. The minimum Gasteiger partial charge on any atom is -0.426 e. The average molecular weight is 869 g/mol. The van der Waals surface area contributed by atoms with Crippen molar-refractivity contribution >= 4 is 33.9 Å². The Morgan fingerprint density at radius 1 is 0.444 bits per heavy atom. The van der Waals surface area contributed by atoms with E-state index in [1.165, 1.54) is 147 Å². The topological polar surface area (TPSA) is 113 Å². The van der Waals surface area contributed by atoms with Crippen LogP contribution in [0.1, 0.15) is 211 Å². The number of rotatable bonds is 32. The molecule has 0 spiro atoms. The summed E-state index contributed by atoms with van der Waals surface area (Å²) < 4.78 is 21.2. The van der Waals surface area contributed by atoms with Gasteiger partial charge in [-0.15, -0.1) is 0 Å². The summed E-state index contributed by atoms with van der Waals surface area (Å²) in [5, 5.41) is 1.70. The maximum Gasteiger partial charge on any atom is 0.336 e. The molecule has 2 aromatic heterocycles. The van der Waals surface area contributed by atoms with Crippen molar-refractivity contribution in [1.82, 2.24) is 0 Å². The Kier molecular flexibility index (Phi) is 27.8. The van der Waals surface area contributed by atoms with E-state index in [4.69, 9.17) is 18.3 Å². The van der Waals surface area contributed by atoms with E-state index in [2.05, 4.69) is 26.0 Å². The molecule has 0 unspecified atom stereocenters. The quantitative estimate of drug-likeness (QED) is 0.0157. The molecule has 4 aromatic rings. The predicted octanol–water partition coefficient (Wildman–Crippen LogP) is 15.9. The highest BCUT2D eigenvalue weighted by atomic mass is 16.5. The van der Waals surface area contributed by atoms with Crippen molar-refractivity contribution in [3.05, 3.63) is 92.7 Å². The van der Waals surface area contributed by atoms with Gasteiger partial charge in [0, 0.05) is 47.9 Å². The number of aryl methyl sites for hydroxylation is 2. The lowest BCUT2D eigenvalue weighted by Crippen LogP contribution is -2.07. The van der Waals surface area contributed by atoms with Crippen molar-refractivity contribution in [2.75, 3.05) is 0 Å². The van der Waals surface area contributed by atoms with Gasteiger partial charge in [-0.2, -0.15) is 0 Å². The van der Waals surface area contributed by atoms with Gasteiger partial charge in [-0.25, -0.2) is 9.59 Å². The zero-order valence-electron chi connectivity index (χ0n) is 39.5. The normalized spacial score (nSPS) is 11.3. The fourth-order valence-electron chi connectivity index (χ4n) is 7.91. The van der Waals surface area contributed by atoms with Crippen LogP contribution in [0.2, 0.25) is 0 Å². The highest BCUT2D eigenvalue weighted by Gasteiger charge is 2.10. The summed E-state index contributed by atoms with van der Waals surface area (Å²) in [7, 11) is 0. The van der Waals surface area contributed by atoms with Crippen LogP contribution >= 0.6 is 0 Å². The molecule has 0 N–H and O–H groups in total. The van der Waals surface area contributed by atoms with Crippen molar-refractivity contribution in [2.24, 2.45) is 0 Å². The van der Waals surface area contributed by atoms with Crippen LogP contribution < -0.4 is 20.7 Å². The van der Waals surface area contributed by atoms with E-state index in [1.54, 1.807) is 24.3 Å². The van der Waals surface area contributed by atoms with Gasteiger partial charge >= 0.3 is 23.2 Å². The van der Waals surface area contributed by atoms with Crippen LogP contribution in [-0.4, -0.2) is 11.9 Å². The third kappa shape index (κ3) is 23.7. The van der Waals surface area contributed by atoms with Crippen molar-refractivity contribution in [3.63, 3.8) is 0 Å². The molecule has 8 heteroatoms. The van der Waals surface area contributed by atoms with Gasteiger partial charge in [0.15, 0.2) is 0 Å². The minimum absolute atomic E-state index is 0.228. The van der Waals surface area contributed by atoms with E-state index in [0.29, 0.717) is 35.5 Å². The highest BCUT2D eigenvalue weighted by molar-refractivity contribution is 5.83. The molecule has 0 amide bonds. The number of esters is 2. The molecule has 2 aromatic carbocycles. The van der Waals surface area contributed by atoms with E-state index >= 15 is 0 Å². The van der Waals surface area contributed by atoms with E-state index < -0.39 is 11.3 Å². The number of unbranched alkanes of at least 4 members (excludes halogenated alkanes) is 24. The Hall–Kier alpha value is -4.46. The summed E-state index contributed by atoms with van der Waals surface area (Å²) in [6, 6.07) is 13.3. The second kappa shape index (κ2) is 33.1. The summed E-state index contributed by atoms with van der Waals surface area (Å²) >= 11 is 0. The third-order valence-electron chi connectivity index (χ3n) is 11.7. The lowest BCUT2D eigenvalue weighted by molar-refractivity contribution is -0.135. The monoisotopic (exact) mass is 869 g/mol. The summed E-state index contributed by atoms with van der Waals surface area (Å²) in [4.78, 5) is 47.2. The lowest BCUT2D eigenvalue weighted by Gasteiger charge is -2.06. The predicted molar refractivity (Wildman–Crippen MR) is 260 cm³/mol. The lowest BCUT2D eigenvalue weighted by atomic mass is 10.0. The summed E-state index contributed by atoms with van der Waals surface area (Å²) in [5.41, 5.74) is 1.81. The molecule has 0 aliphatic heterocycles. The van der Waals surface area contributed by atoms with Gasteiger partial charge in [0.05, 0.1) is 0 Å². The van der Waals surface area contributed by atoms with Gasteiger partial charge in [-0.3, -0.25) is 9.59 Å². The smallest absolute Gasteiger partial charge is 0.336 e. The van der Waals surface area contributed by atoms with Crippen LogP contribution in [0.4, 0.5) is 0 Å². The van der Waals surface area contributed by atoms with E-state index in [-0.39, 0.29) is 11.9 Å². The maximum atomic E-state index is 12.1. The second-order valence-corrected chi connectivity index (χ2v) is 17.4. The molecule has 0 saturated carbocycles. The zero-order chi connectivity index (χ0) is 45.3. The van der Waals surface area contributed by atoms with Crippen molar-refractivity contribution in [1.29, 1.82) is 0 Å². The van der Waals surface area contributed by atoms with Crippen molar-refractivity contribution in [2.45, 2.75) is 214 Å². The summed E-state index contributed by atoms with van der Waals surface area (Å²) in [5.74, 6) is 0.380. The van der Waals surface area contributed by atoms with Crippen molar-refractivity contribution in [3.8, 4) is 11.5 Å². The molecule has 8 nitrogen and oxygen atoms in total. The molecule has 4 rings (SSSR count). The molecule has 0 bridgehead atoms. The first-order valence-corrected chi connectivity index (χ1v) is 24.9. The molecule has 348 valence electrons. The van der Waals surface area contributed by atoms with E-state index in [1.807, 2.05) is 26.0 Å². The van der Waals surface area contributed by atoms with Gasteiger partial charge < -0.3 is 18.3 Å². The van der Waals surface area contributed by atoms with E-state index in [0.717, 1.165) is 60.4 Å². The number of fused-ring (bicyclic) bond motifs is 2. The number of carbonyl (C=O) groups is 2. The molecule has 0 aliphatic rings. The van der Waals surface area contributed by atoms with Crippen LogP contribution in [0.5, 0.6) is 11.5 Å². The fourth-order valence-corrected chi connectivity index (χ4v) is 7.91. The van der Waals surface area contributed by atoms with Crippen LogP contribution in [0.15, 0.2) is 79.1 Å². The maximum absolute atomic E-state index is 12.1. The molecule has 0 atom stereocenters. The second-order valence-electron chi connectivity index (χ2n) is 17.4. The molecular weight excluding hydrogens is 789 g/mol. The number of allylic oxidation sites excluding steroid dienone is 2. The van der Waals surface area contributed by atoms with Crippen LogP contribution in [0.3, 0.4) is 0 Å². The van der Waals surface area contributed by atoms with Gasteiger partial charge in [0.2, 0.25) is 0 Å². The molecule has 0 aliphatic carbocycles. The van der Waals surface area contributed by atoms with Gasteiger partial charge in [0.25, 0.3) is 0 Å². The zero-order valence-corrected chi connectivity index (χ0v) is 39.5. The molecular formula is C55H80O8. The van der Waals surface area contributed by atoms with Gasteiger partial charge in [-0.1, -0.05) is 161 Å². The van der Waals surface area contributed by atoms with E-state index in [9.17, 15) is 19.2 Å². The van der Waals surface area contributed by atoms with Crippen LogP contribution in [0.25, 0.3) is 21.9 Å². The first kappa shape index (κ1) is 52.9. The molecule has 2 heterocycles. The molecule has 0 radical (unpaired) electrons. The summed E-state index contributed by atoms with van der Waals surface area (Å²) in [6.45, 7) is 8.24. The Morgan fingerprint density at radius 2 is 0.762 bits per heavy atom. The largest absolute Gasteiger partial charge is 0.426 e. The number of carbonyl (C=O) groups excluding carboxylic acids is 2. The fraction of sp³-hybridized carbons (Fsp3) is 0.600. The molecule has 63 heavy (non-hydrogen) atoms. The van der Waals surface area contributed by atoms with Gasteiger partial charge in [-0.05, 0) is 87.8 Å². The van der Waals surface area contributed by atoms with Gasteiger partial charge in [0.1, 0.15) is 22.7 Å². The minimum atomic E-state index is -0.397. The standard InChI is InChI=1S/C28H40O4.C27H40O4/c1-3-4-5-6-7-8-9-10-11-12-13-14-15-16-17-18-27(29)31-24-19-20-25-23(2)21-28(30)32-26(25)22-24;1-3-4-5-6-7-8-9-10-11-12-13-14-15-16-17-26(28)30-23-18-19-24-22(2)20-27(29)31-25(24)21-23/h10-11,19-22H,3-9,12-18H2,1-2H3;18-21H,3-17H2,1-2H3/b11-10-;. The average Bonchev–Trinajstić information content (AvgIpc) is 3.25. The highest BCUT2D eigenvalue weighted by Crippen LogP contribution is 2.24.